The molecule has 0 unspecified atom stereocenters. The summed E-state index contributed by atoms with van der Waals surface area (Å²) in [7, 11) is 1.64. The fraction of sp³-hybridized carbons (Fsp3) is 0.500. The van der Waals surface area contributed by atoms with Crippen LogP contribution in [-0.4, -0.2) is 24.5 Å². The number of ether oxygens (including phenoxy) is 1. The van der Waals surface area contributed by atoms with E-state index in [1.807, 2.05) is 24.3 Å². The fourth-order valence-electron chi connectivity index (χ4n) is 2.64. The maximum Gasteiger partial charge on any atom is 0.267 e. The lowest BCUT2D eigenvalue weighted by atomic mass is 9.99. The highest BCUT2D eigenvalue weighted by Crippen LogP contribution is 2.21. The number of aromatic amines is 1. The van der Waals surface area contributed by atoms with Crippen LogP contribution in [-0.2, 0) is 0 Å². The summed E-state index contributed by atoms with van der Waals surface area (Å²) in [5.41, 5.74) is 1.55. The van der Waals surface area contributed by atoms with E-state index in [-0.39, 0.29) is 5.91 Å². The first-order valence-corrected chi connectivity index (χ1v) is 8.12. The number of hydrogen-bond donors (Lipinski definition) is 2. The van der Waals surface area contributed by atoms with E-state index in [4.69, 9.17) is 4.74 Å². The van der Waals surface area contributed by atoms with Gasteiger partial charge in [-0.3, -0.25) is 4.79 Å². The fourth-order valence-corrected chi connectivity index (χ4v) is 2.64. The number of carbonyl (C=O) groups excluding carboxylic acids is 1. The predicted octanol–water partition coefficient (Wildman–Crippen LogP) is 4.12. The molecule has 0 spiro atoms. The number of carbonyl (C=O) groups is 1. The molecule has 1 heterocycles. The minimum absolute atomic E-state index is 0.0369. The maximum absolute atomic E-state index is 12.3. The third-order valence-electron chi connectivity index (χ3n) is 4.17. The number of nitrogens with one attached hydrogen (secondary N) is 2. The Morgan fingerprint density at radius 3 is 2.82 bits per heavy atom. The quantitative estimate of drug-likeness (QED) is 0.770. The normalized spacial score (nSPS) is 12.3. The first-order valence-electron chi connectivity index (χ1n) is 8.12. The highest BCUT2D eigenvalue weighted by atomic mass is 16.5. The topological polar surface area (TPSA) is 54.1 Å². The summed E-state index contributed by atoms with van der Waals surface area (Å²) in [6.07, 6.45) is 4.70. The average Bonchev–Trinajstić information content (AvgIpc) is 2.97. The zero-order chi connectivity index (χ0) is 15.9. The van der Waals surface area contributed by atoms with Gasteiger partial charge in [0.1, 0.15) is 11.4 Å². The van der Waals surface area contributed by atoms with Gasteiger partial charge >= 0.3 is 0 Å². The molecule has 1 aromatic heterocycles. The molecule has 2 rings (SSSR count). The summed E-state index contributed by atoms with van der Waals surface area (Å²) in [4.78, 5) is 15.5. The monoisotopic (exact) mass is 302 g/mol. The molecule has 2 N–H and O–H groups in total. The molecule has 0 aliphatic heterocycles. The first-order chi connectivity index (χ1) is 10.7. The van der Waals surface area contributed by atoms with Crippen LogP contribution >= 0.6 is 0 Å². The smallest absolute Gasteiger partial charge is 0.267 e. The molecule has 0 bridgehead atoms. The second-order valence-electron chi connectivity index (χ2n) is 5.76. The first kappa shape index (κ1) is 16.4. The van der Waals surface area contributed by atoms with Crippen molar-refractivity contribution in [1.82, 2.24) is 10.3 Å². The van der Waals surface area contributed by atoms with E-state index >= 15 is 0 Å². The Balaban J connectivity index is 2.00. The molecule has 2 aromatic rings. The van der Waals surface area contributed by atoms with Crippen LogP contribution in [0.3, 0.4) is 0 Å². The Hall–Kier alpha value is -1.97. The standard InChI is InChI=1S/C18H26N2O2/c1-4-6-7-13(5-2)12-19-18(21)17-11-14-10-15(22-3)8-9-16(14)20-17/h8-11,13,20H,4-7,12H2,1-3H3,(H,19,21)/t13-/m0/s1. The van der Waals surface area contributed by atoms with Crippen molar-refractivity contribution < 1.29 is 9.53 Å². The molecular formula is C18H26N2O2. The van der Waals surface area contributed by atoms with Crippen LogP contribution in [0.25, 0.3) is 10.9 Å². The molecule has 0 saturated carbocycles. The minimum atomic E-state index is -0.0369. The molecule has 0 radical (unpaired) electrons. The molecule has 1 atom stereocenters. The molecule has 1 amide bonds. The van der Waals surface area contributed by atoms with Gasteiger partial charge in [0, 0.05) is 17.4 Å². The zero-order valence-electron chi connectivity index (χ0n) is 13.7. The van der Waals surface area contributed by atoms with Crippen molar-refractivity contribution in [2.24, 2.45) is 5.92 Å². The van der Waals surface area contributed by atoms with Crippen LogP contribution in [0.1, 0.15) is 50.0 Å². The maximum atomic E-state index is 12.3. The molecule has 0 saturated heterocycles. The molecule has 4 nitrogen and oxygen atoms in total. The number of benzene rings is 1. The second kappa shape index (κ2) is 7.87. The number of H-pyrrole nitrogens is 1. The van der Waals surface area contributed by atoms with Crippen molar-refractivity contribution in [3.05, 3.63) is 30.0 Å². The highest BCUT2D eigenvalue weighted by molar-refractivity contribution is 5.98. The average molecular weight is 302 g/mol. The Morgan fingerprint density at radius 2 is 2.14 bits per heavy atom. The van der Waals surface area contributed by atoms with Crippen LogP contribution < -0.4 is 10.1 Å². The van der Waals surface area contributed by atoms with Crippen molar-refractivity contribution in [2.75, 3.05) is 13.7 Å². The van der Waals surface area contributed by atoms with Crippen molar-refractivity contribution in [1.29, 1.82) is 0 Å². The number of hydrogen-bond acceptors (Lipinski definition) is 2. The Labute approximate surface area is 132 Å². The predicted molar refractivity (Wildman–Crippen MR) is 90.5 cm³/mol. The van der Waals surface area contributed by atoms with Crippen molar-refractivity contribution >= 4 is 16.8 Å². The Morgan fingerprint density at radius 1 is 1.32 bits per heavy atom. The summed E-state index contributed by atoms with van der Waals surface area (Å²) >= 11 is 0. The summed E-state index contributed by atoms with van der Waals surface area (Å²) in [6, 6.07) is 7.62. The van der Waals surface area contributed by atoms with Gasteiger partial charge in [0.15, 0.2) is 0 Å². The van der Waals surface area contributed by atoms with Crippen LogP contribution in [0.15, 0.2) is 24.3 Å². The summed E-state index contributed by atoms with van der Waals surface area (Å²) < 4.78 is 5.21. The van der Waals surface area contributed by atoms with Crippen molar-refractivity contribution in [3.63, 3.8) is 0 Å². The second-order valence-corrected chi connectivity index (χ2v) is 5.76. The van der Waals surface area contributed by atoms with Gasteiger partial charge in [-0.2, -0.15) is 0 Å². The number of unbranched alkanes of at least 4 members (excludes halogenated alkanes) is 1. The van der Waals surface area contributed by atoms with Crippen LogP contribution in [0.4, 0.5) is 0 Å². The van der Waals surface area contributed by atoms with Gasteiger partial charge in [0.05, 0.1) is 7.11 Å². The number of rotatable bonds is 8. The number of amides is 1. The summed E-state index contributed by atoms with van der Waals surface area (Å²) in [6.45, 7) is 5.12. The summed E-state index contributed by atoms with van der Waals surface area (Å²) in [5, 5.41) is 4.04. The van der Waals surface area contributed by atoms with E-state index in [0.29, 0.717) is 11.6 Å². The zero-order valence-corrected chi connectivity index (χ0v) is 13.7. The third kappa shape index (κ3) is 4.03. The highest BCUT2D eigenvalue weighted by Gasteiger charge is 2.12. The molecule has 0 aliphatic carbocycles. The lowest BCUT2D eigenvalue weighted by Gasteiger charge is -2.14. The summed E-state index contributed by atoms with van der Waals surface area (Å²) in [5.74, 6) is 1.32. The number of methoxy groups -OCH3 is 1. The van der Waals surface area contributed by atoms with Crippen molar-refractivity contribution in [2.45, 2.75) is 39.5 Å². The van der Waals surface area contributed by atoms with E-state index in [2.05, 4.69) is 24.1 Å². The minimum Gasteiger partial charge on any atom is -0.497 e. The molecule has 120 valence electrons. The molecule has 0 fully saturated rings. The van der Waals surface area contributed by atoms with Gasteiger partial charge in [-0.25, -0.2) is 0 Å². The number of fused-ring (bicyclic) bond motifs is 1. The van der Waals surface area contributed by atoms with E-state index in [1.165, 1.54) is 19.3 Å². The van der Waals surface area contributed by atoms with E-state index in [0.717, 1.165) is 29.6 Å². The largest absolute Gasteiger partial charge is 0.497 e. The molecule has 22 heavy (non-hydrogen) atoms. The molecule has 0 aliphatic rings. The van der Waals surface area contributed by atoms with E-state index in [1.54, 1.807) is 7.11 Å². The Bertz CT molecular complexity index is 619. The van der Waals surface area contributed by atoms with E-state index < -0.39 is 0 Å². The molecule has 4 heteroatoms. The lowest BCUT2D eigenvalue weighted by molar-refractivity contribution is 0.0941. The SMILES string of the molecule is CCCC[C@H](CC)CNC(=O)c1cc2cc(OC)ccc2[nH]1. The van der Waals surface area contributed by atoms with Gasteiger partial charge in [-0.1, -0.05) is 33.1 Å². The van der Waals surface area contributed by atoms with Crippen LogP contribution in [0.5, 0.6) is 5.75 Å². The van der Waals surface area contributed by atoms with E-state index in [9.17, 15) is 4.79 Å². The molecule has 1 aromatic carbocycles. The molecular weight excluding hydrogens is 276 g/mol. The van der Waals surface area contributed by atoms with Gasteiger partial charge < -0.3 is 15.0 Å². The Kier molecular flexibility index (Phi) is 5.87. The third-order valence-corrected chi connectivity index (χ3v) is 4.17. The van der Waals surface area contributed by atoms with Gasteiger partial charge in [0.2, 0.25) is 0 Å². The van der Waals surface area contributed by atoms with Crippen molar-refractivity contribution in [3.8, 4) is 5.75 Å². The van der Waals surface area contributed by atoms with Crippen LogP contribution in [0, 0.1) is 5.92 Å². The van der Waals surface area contributed by atoms with Crippen LogP contribution in [0.2, 0.25) is 0 Å². The van der Waals surface area contributed by atoms with Gasteiger partial charge in [-0.05, 0) is 36.6 Å². The van der Waals surface area contributed by atoms with Gasteiger partial charge in [-0.15, -0.1) is 0 Å². The number of aromatic nitrogens is 1. The lowest BCUT2D eigenvalue weighted by Crippen LogP contribution is -2.29. The van der Waals surface area contributed by atoms with Gasteiger partial charge in [0.25, 0.3) is 5.91 Å².